The van der Waals surface area contributed by atoms with Crippen LogP contribution in [0.25, 0.3) is 0 Å². The Labute approximate surface area is 98.6 Å². The zero-order chi connectivity index (χ0) is 11.7. The lowest BCUT2D eigenvalue weighted by Crippen LogP contribution is -2.47. The van der Waals surface area contributed by atoms with E-state index in [1.54, 1.807) is 0 Å². The number of nitrogens with one attached hydrogen (secondary N) is 1. The van der Waals surface area contributed by atoms with Crippen molar-refractivity contribution in [2.45, 2.75) is 39.2 Å². The first-order valence-electron chi connectivity index (χ1n) is 6.58. The van der Waals surface area contributed by atoms with Crippen LogP contribution in [0.1, 0.15) is 33.1 Å². The van der Waals surface area contributed by atoms with Gasteiger partial charge >= 0.3 is 0 Å². The molecule has 3 unspecified atom stereocenters. The van der Waals surface area contributed by atoms with E-state index in [-0.39, 0.29) is 0 Å². The lowest BCUT2D eigenvalue weighted by molar-refractivity contribution is -0.134. The zero-order valence-electron chi connectivity index (χ0n) is 10.7. The average Bonchev–Trinajstić information content (AvgIpc) is 3.08. The van der Waals surface area contributed by atoms with E-state index in [9.17, 15) is 4.79 Å². The summed E-state index contributed by atoms with van der Waals surface area (Å²) in [5.41, 5.74) is 0. The first-order chi connectivity index (χ1) is 7.61. The zero-order valence-corrected chi connectivity index (χ0v) is 10.7. The number of hydrogen-bond acceptors (Lipinski definition) is 2. The van der Waals surface area contributed by atoms with E-state index in [0.717, 1.165) is 25.9 Å². The quantitative estimate of drug-likeness (QED) is 0.787. The molecule has 0 radical (unpaired) electrons. The lowest BCUT2D eigenvalue weighted by Gasteiger charge is -2.32. The molecule has 92 valence electrons. The van der Waals surface area contributed by atoms with Crippen molar-refractivity contribution < 1.29 is 4.79 Å². The van der Waals surface area contributed by atoms with E-state index in [1.807, 2.05) is 11.9 Å². The molecule has 3 heteroatoms. The first-order valence-corrected chi connectivity index (χ1v) is 6.58. The molecule has 1 aliphatic heterocycles. The maximum Gasteiger partial charge on any atom is 0.226 e. The lowest BCUT2D eigenvalue weighted by atomic mass is 10.0. The minimum Gasteiger partial charge on any atom is -0.341 e. The third-order valence-corrected chi connectivity index (χ3v) is 4.18. The van der Waals surface area contributed by atoms with E-state index in [2.05, 4.69) is 19.2 Å². The minimum absolute atomic E-state index is 0.326. The Morgan fingerprint density at radius 2 is 2.19 bits per heavy atom. The van der Waals surface area contributed by atoms with Crippen LogP contribution in [0.15, 0.2) is 0 Å². The Morgan fingerprint density at radius 1 is 1.44 bits per heavy atom. The molecule has 1 N–H and O–H groups in total. The topological polar surface area (TPSA) is 32.3 Å². The highest BCUT2D eigenvalue weighted by Gasteiger charge is 2.46. The van der Waals surface area contributed by atoms with Gasteiger partial charge in [-0.15, -0.1) is 0 Å². The predicted molar refractivity (Wildman–Crippen MR) is 65.1 cm³/mol. The minimum atomic E-state index is 0.326. The molecule has 2 aliphatic rings. The summed E-state index contributed by atoms with van der Waals surface area (Å²) in [7, 11) is 1.98. The summed E-state index contributed by atoms with van der Waals surface area (Å²) >= 11 is 0. The molecule has 0 aromatic heterocycles. The van der Waals surface area contributed by atoms with Crippen molar-refractivity contribution in [3.63, 3.8) is 0 Å². The summed E-state index contributed by atoms with van der Waals surface area (Å²) in [6, 6.07) is 0.426. The number of carbonyl (C=O) groups is 1. The Bertz CT molecular complexity index is 259. The van der Waals surface area contributed by atoms with Crippen molar-refractivity contribution in [3.8, 4) is 0 Å². The summed E-state index contributed by atoms with van der Waals surface area (Å²) in [5, 5.41) is 3.37. The Morgan fingerprint density at radius 3 is 2.69 bits per heavy atom. The highest BCUT2D eigenvalue weighted by atomic mass is 16.2. The number of piperidine rings is 1. The van der Waals surface area contributed by atoms with Gasteiger partial charge in [0.2, 0.25) is 5.91 Å². The number of hydrogen-bond donors (Lipinski definition) is 1. The van der Waals surface area contributed by atoms with Gasteiger partial charge in [-0.05, 0) is 37.6 Å². The third-order valence-electron chi connectivity index (χ3n) is 4.18. The molecule has 1 aliphatic carbocycles. The van der Waals surface area contributed by atoms with E-state index in [4.69, 9.17) is 0 Å². The van der Waals surface area contributed by atoms with Gasteiger partial charge in [0, 0.05) is 25.6 Å². The van der Waals surface area contributed by atoms with E-state index < -0.39 is 0 Å². The van der Waals surface area contributed by atoms with Crippen LogP contribution in [0.5, 0.6) is 0 Å². The largest absolute Gasteiger partial charge is 0.341 e. The molecule has 3 atom stereocenters. The van der Waals surface area contributed by atoms with E-state index in [0.29, 0.717) is 29.7 Å². The fourth-order valence-electron chi connectivity index (χ4n) is 2.84. The average molecular weight is 224 g/mol. The van der Waals surface area contributed by atoms with Gasteiger partial charge in [0.15, 0.2) is 0 Å². The molecule has 1 saturated carbocycles. The third kappa shape index (κ3) is 2.40. The van der Waals surface area contributed by atoms with Crippen LogP contribution in [-0.4, -0.2) is 37.0 Å². The van der Waals surface area contributed by atoms with Crippen molar-refractivity contribution in [1.29, 1.82) is 0 Å². The van der Waals surface area contributed by atoms with E-state index in [1.165, 1.54) is 6.42 Å². The molecule has 0 spiro atoms. The van der Waals surface area contributed by atoms with Crippen molar-refractivity contribution >= 4 is 5.91 Å². The molecular formula is C13H24N2O. The van der Waals surface area contributed by atoms with Crippen LogP contribution < -0.4 is 5.32 Å². The van der Waals surface area contributed by atoms with Gasteiger partial charge < -0.3 is 10.2 Å². The maximum atomic E-state index is 12.2. The maximum absolute atomic E-state index is 12.2. The fraction of sp³-hybridized carbons (Fsp3) is 0.923. The van der Waals surface area contributed by atoms with Gasteiger partial charge in [-0.3, -0.25) is 4.79 Å². The van der Waals surface area contributed by atoms with Gasteiger partial charge in [0.1, 0.15) is 0 Å². The Kier molecular flexibility index (Phi) is 3.53. The smallest absolute Gasteiger partial charge is 0.226 e. The van der Waals surface area contributed by atoms with Gasteiger partial charge in [-0.25, -0.2) is 0 Å². The number of carbonyl (C=O) groups excluding carboxylic acids is 1. The van der Waals surface area contributed by atoms with Crippen LogP contribution in [0, 0.1) is 17.8 Å². The molecule has 1 heterocycles. The van der Waals surface area contributed by atoms with Crippen molar-refractivity contribution in [3.05, 3.63) is 0 Å². The van der Waals surface area contributed by atoms with Gasteiger partial charge in [0.25, 0.3) is 0 Å². The van der Waals surface area contributed by atoms with Crippen LogP contribution in [0.4, 0.5) is 0 Å². The fourth-order valence-corrected chi connectivity index (χ4v) is 2.84. The standard InChI is InChI=1S/C13H24N2O/c1-9(2)11-7-12(11)13(16)15(3)10-5-4-6-14-8-10/h9-12,14H,4-8H2,1-3H3. The number of rotatable bonds is 3. The highest BCUT2D eigenvalue weighted by molar-refractivity contribution is 5.81. The van der Waals surface area contributed by atoms with Crippen LogP contribution in [0.3, 0.4) is 0 Å². The van der Waals surface area contributed by atoms with Crippen molar-refractivity contribution in [2.75, 3.05) is 20.1 Å². The molecular weight excluding hydrogens is 200 g/mol. The summed E-state index contributed by atoms with van der Waals surface area (Å²) in [6.07, 6.45) is 3.47. The number of amides is 1. The van der Waals surface area contributed by atoms with Gasteiger partial charge in [0.05, 0.1) is 0 Å². The summed E-state index contributed by atoms with van der Waals surface area (Å²) < 4.78 is 0. The second-order valence-electron chi connectivity index (χ2n) is 5.70. The van der Waals surface area contributed by atoms with E-state index >= 15 is 0 Å². The number of likely N-dealkylation sites (N-methyl/N-ethyl adjacent to an activating group) is 1. The Balaban J connectivity index is 1.85. The van der Waals surface area contributed by atoms with Crippen LogP contribution in [0.2, 0.25) is 0 Å². The molecule has 1 saturated heterocycles. The molecule has 0 aromatic rings. The number of nitrogens with zero attached hydrogens (tertiary/aromatic N) is 1. The first kappa shape index (κ1) is 11.9. The van der Waals surface area contributed by atoms with Crippen molar-refractivity contribution in [2.24, 2.45) is 17.8 Å². The molecule has 2 fully saturated rings. The second-order valence-corrected chi connectivity index (χ2v) is 5.70. The summed E-state index contributed by atoms with van der Waals surface area (Å²) in [4.78, 5) is 14.2. The highest BCUT2D eigenvalue weighted by Crippen LogP contribution is 2.45. The molecule has 16 heavy (non-hydrogen) atoms. The molecule has 3 nitrogen and oxygen atoms in total. The second kappa shape index (κ2) is 4.74. The monoisotopic (exact) mass is 224 g/mol. The van der Waals surface area contributed by atoms with Crippen LogP contribution >= 0.6 is 0 Å². The molecule has 2 rings (SSSR count). The van der Waals surface area contributed by atoms with Crippen molar-refractivity contribution in [1.82, 2.24) is 10.2 Å². The predicted octanol–water partition coefficient (Wildman–Crippen LogP) is 1.49. The SMILES string of the molecule is CC(C)C1CC1C(=O)N(C)C1CCCNC1. The molecule has 1 amide bonds. The van der Waals surface area contributed by atoms with Gasteiger partial charge in [-0.1, -0.05) is 13.8 Å². The molecule has 0 bridgehead atoms. The Hall–Kier alpha value is -0.570. The molecule has 0 aromatic carbocycles. The van der Waals surface area contributed by atoms with Gasteiger partial charge in [-0.2, -0.15) is 0 Å². The summed E-state index contributed by atoms with van der Waals surface area (Å²) in [6.45, 7) is 6.53. The normalized spacial score (nSPS) is 33.9. The van der Waals surface area contributed by atoms with Crippen LogP contribution in [-0.2, 0) is 4.79 Å². The summed E-state index contributed by atoms with van der Waals surface area (Å²) in [5.74, 6) is 2.01.